The molecule has 1 N–H and O–H groups in total. The first-order chi connectivity index (χ1) is 17.5. The monoisotopic (exact) mass is 505 g/mol. The minimum atomic E-state index is -0.514. The third kappa shape index (κ3) is 4.43. The molecule has 1 aromatic carbocycles. The summed E-state index contributed by atoms with van der Waals surface area (Å²) in [7, 11) is 5.10. The number of alkyl carbamates (subject to hydrolysis) is 1. The minimum absolute atomic E-state index is 0.0861. The van der Waals surface area contributed by atoms with Crippen LogP contribution >= 0.6 is 0 Å². The van der Waals surface area contributed by atoms with Crippen molar-refractivity contribution in [2.75, 3.05) is 14.2 Å². The highest BCUT2D eigenvalue weighted by Gasteiger charge is 2.60. The van der Waals surface area contributed by atoms with E-state index >= 15 is 0 Å². The van der Waals surface area contributed by atoms with Crippen molar-refractivity contribution in [2.24, 2.45) is 18.4 Å². The number of rotatable bonds is 6. The highest BCUT2D eigenvalue weighted by molar-refractivity contribution is 5.95. The van der Waals surface area contributed by atoms with Crippen LogP contribution in [0.25, 0.3) is 21.9 Å². The van der Waals surface area contributed by atoms with Crippen LogP contribution in [0.3, 0.4) is 0 Å². The van der Waals surface area contributed by atoms with E-state index in [0.29, 0.717) is 11.3 Å². The van der Waals surface area contributed by atoms with Crippen molar-refractivity contribution in [3.63, 3.8) is 0 Å². The van der Waals surface area contributed by atoms with Crippen LogP contribution in [0.5, 0.6) is 11.5 Å². The maximum Gasteiger partial charge on any atom is 0.407 e. The molecule has 0 radical (unpaired) electrons. The average Bonchev–Trinajstić information content (AvgIpc) is 2.84. The second-order valence-electron chi connectivity index (χ2n) is 11.4. The number of ether oxygens (including phenoxy) is 3. The Hall–Kier alpha value is -3.55. The summed E-state index contributed by atoms with van der Waals surface area (Å²) in [6.45, 7) is 5.62. The largest absolute Gasteiger partial charge is 0.496 e. The second kappa shape index (κ2) is 9.08. The molecule has 0 spiro atoms. The third-order valence-corrected chi connectivity index (χ3v) is 7.99. The number of aryl methyl sites for hydroxylation is 1. The quantitative estimate of drug-likeness (QED) is 0.515. The van der Waals surface area contributed by atoms with Gasteiger partial charge in [0.2, 0.25) is 0 Å². The lowest BCUT2D eigenvalue weighted by molar-refractivity contribution is -0.107. The van der Waals surface area contributed by atoms with Gasteiger partial charge in [-0.1, -0.05) is 0 Å². The van der Waals surface area contributed by atoms with Crippen molar-refractivity contribution >= 4 is 16.9 Å². The van der Waals surface area contributed by atoms with E-state index in [1.807, 2.05) is 45.2 Å². The molecule has 37 heavy (non-hydrogen) atoms. The predicted molar refractivity (Wildman–Crippen MR) is 142 cm³/mol. The van der Waals surface area contributed by atoms with E-state index in [2.05, 4.69) is 10.3 Å². The Bertz CT molecular complexity index is 1400. The fourth-order valence-electron chi connectivity index (χ4n) is 6.13. The molecule has 2 fully saturated rings. The van der Waals surface area contributed by atoms with Crippen LogP contribution in [0.2, 0.25) is 0 Å². The number of hydrogen-bond donors (Lipinski definition) is 1. The lowest BCUT2D eigenvalue weighted by Crippen LogP contribution is -2.65. The summed E-state index contributed by atoms with van der Waals surface area (Å²) in [6, 6.07) is 6.04. The zero-order valence-electron chi connectivity index (χ0n) is 22.4. The summed E-state index contributed by atoms with van der Waals surface area (Å²) < 4.78 is 18.8. The molecule has 2 saturated carbocycles. The summed E-state index contributed by atoms with van der Waals surface area (Å²) in [5.74, 6) is 1.93. The van der Waals surface area contributed by atoms with E-state index in [-0.39, 0.29) is 23.1 Å². The van der Waals surface area contributed by atoms with Crippen molar-refractivity contribution in [1.82, 2.24) is 14.9 Å². The number of aromatic nitrogens is 2. The molecule has 5 rings (SSSR count). The van der Waals surface area contributed by atoms with Gasteiger partial charge < -0.3 is 24.1 Å². The van der Waals surface area contributed by atoms with E-state index in [0.717, 1.165) is 59.3 Å². The first-order valence-corrected chi connectivity index (χ1v) is 12.7. The molecule has 2 aliphatic carbocycles. The number of nitrogens with one attached hydrogen (secondary N) is 1. The van der Waals surface area contributed by atoms with Crippen LogP contribution in [0.15, 0.2) is 41.6 Å². The van der Waals surface area contributed by atoms with E-state index in [9.17, 15) is 9.59 Å². The SMILES string of the molecule is COc1cc(-c2cn(C)c(=O)c3cnccc23)cc(OC)c1CC12CCC1C(NC(=O)OC(C)(C)C)C2. The Balaban J connectivity index is 1.44. The number of pyridine rings is 2. The molecular formula is C29H35N3O5. The molecule has 8 nitrogen and oxygen atoms in total. The summed E-state index contributed by atoms with van der Waals surface area (Å²) >= 11 is 0. The van der Waals surface area contributed by atoms with Gasteiger partial charge in [-0.3, -0.25) is 9.78 Å². The first-order valence-electron chi connectivity index (χ1n) is 12.7. The topological polar surface area (TPSA) is 91.7 Å². The van der Waals surface area contributed by atoms with Gasteiger partial charge in [0.05, 0.1) is 19.6 Å². The maximum absolute atomic E-state index is 12.6. The van der Waals surface area contributed by atoms with Gasteiger partial charge >= 0.3 is 6.09 Å². The van der Waals surface area contributed by atoms with Gasteiger partial charge in [0.15, 0.2) is 0 Å². The van der Waals surface area contributed by atoms with E-state index in [1.54, 1.807) is 38.2 Å². The van der Waals surface area contributed by atoms with Gasteiger partial charge in [0.1, 0.15) is 17.1 Å². The Labute approximate surface area is 216 Å². The highest BCUT2D eigenvalue weighted by Crippen LogP contribution is 2.63. The molecule has 3 unspecified atom stereocenters. The molecule has 2 heterocycles. The zero-order valence-corrected chi connectivity index (χ0v) is 22.4. The number of amides is 1. The van der Waals surface area contributed by atoms with Crippen LogP contribution < -0.4 is 20.3 Å². The lowest BCUT2D eigenvalue weighted by atomic mass is 9.43. The van der Waals surface area contributed by atoms with Crippen LogP contribution in [0.4, 0.5) is 4.79 Å². The van der Waals surface area contributed by atoms with Crippen molar-refractivity contribution in [2.45, 2.75) is 58.1 Å². The summed E-state index contributed by atoms with van der Waals surface area (Å²) in [5, 5.41) is 4.48. The fraction of sp³-hybridized carbons (Fsp3) is 0.483. The van der Waals surface area contributed by atoms with Crippen LogP contribution in [-0.2, 0) is 18.2 Å². The number of nitrogens with zero attached hydrogens (tertiary/aromatic N) is 2. The van der Waals surface area contributed by atoms with Crippen molar-refractivity contribution < 1.29 is 19.0 Å². The van der Waals surface area contributed by atoms with Crippen molar-refractivity contribution in [3.8, 4) is 22.6 Å². The number of methoxy groups -OCH3 is 2. The normalized spacial score (nSPS) is 22.4. The Morgan fingerprint density at radius 1 is 1.19 bits per heavy atom. The molecule has 0 bridgehead atoms. The molecule has 2 aliphatic rings. The molecule has 8 heteroatoms. The number of carbonyl (C=O) groups excluding carboxylic acids is 1. The molecule has 0 saturated heterocycles. The van der Waals surface area contributed by atoms with E-state index < -0.39 is 5.60 Å². The standard InChI is InChI=1S/C29H35N3O5/c1-28(2,3)37-27(34)31-23-14-29(9-7-22(23)29)13-19-24(35-5)11-17(12-25(19)36-6)21-16-32(4)26(33)20-15-30-10-8-18(20)21/h8,10-12,15-16,22-23H,7,9,13-14H2,1-6H3,(H,31,34). The smallest absolute Gasteiger partial charge is 0.407 e. The molecule has 1 amide bonds. The zero-order chi connectivity index (χ0) is 26.5. The Kier molecular flexibility index (Phi) is 6.16. The second-order valence-corrected chi connectivity index (χ2v) is 11.4. The van der Waals surface area contributed by atoms with Crippen molar-refractivity contribution in [3.05, 3.63) is 52.7 Å². The Morgan fingerprint density at radius 3 is 2.46 bits per heavy atom. The van der Waals surface area contributed by atoms with Crippen LogP contribution in [0, 0.1) is 11.3 Å². The van der Waals surface area contributed by atoms with Crippen LogP contribution in [-0.4, -0.2) is 41.5 Å². The molecule has 0 aliphatic heterocycles. The number of carbonyl (C=O) groups is 1. The molecule has 3 aromatic rings. The van der Waals surface area contributed by atoms with Gasteiger partial charge in [-0.25, -0.2) is 4.79 Å². The van der Waals surface area contributed by atoms with Crippen molar-refractivity contribution in [1.29, 1.82) is 0 Å². The lowest BCUT2D eigenvalue weighted by Gasteiger charge is -2.63. The van der Waals surface area contributed by atoms with E-state index in [4.69, 9.17) is 14.2 Å². The average molecular weight is 506 g/mol. The predicted octanol–water partition coefficient (Wildman–Crippen LogP) is 4.85. The van der Waals surface area contributed by atoms with Crippen LogP contribution in [0.1, 0.15) is 45.6 Å². The van der Waals surface area contributed by atoms with E-state index in [1.165, 1.54) is 0 Å². The fourth-order valence-corrected chi connectivity index (χ4v) is 6.13. The first kappa shape index (κ1) is 25.1. The van der Waals surface area contributed by atoms with Gasteiger partial charge in [-0.15, -0.1) is 0 Å². The molecule has 2 aromatic heterocycles. The maximum atomic E-state index is 12.6. The highest BCUT2D eigenvalue weighted by atomic mass is 16.6. The Morgan fingerprint density at radius 2 is 1.89 bits per heavy atom. The van der Waals surface area contributed by atoms with Gasteiger partial charge in [-0.05, 0) is 86.9 Å². The summed E-state index contributed by atoms with van der Waals surface area (Å²) in [5.41, 5.74) is 2.37. The number of hydrogen-bond acceptors (Lipinski definition) is 6. The number of benzene rings is 1. The minimum Gasteiger partial charge on any atom is -0.496 e. The molecular weight excluding hydrogens is 470 g/mol. The van der Waals surface area contributed by atoms with Gasteiger partial charge in [0.25, 0.3) is 5.56 Å². The molecule has 196 valence electrons. The molecule has 3 atom stereocenters. The summed E-state index contributed by atoms with van der Waals surface area (Å²) in [4.78, 5) is 29.1. The summed E-state index contributed by atoms with van der Waals surface area (Å²) in [6.07, 6.45) is 8.71. The number of fused-ring (bicyclic) bond motifs is 2. The van der Waals surface area contributed by atoms with Gasteiger partial charge in [-0.2, -0.15) is 0 Å². The third-order valence-electron chi connectivity index (χ3n) is 7.99. The van der Waals surface area contributed by atoms with Gasteiger partial charge in [0, 0.05) is 42.8 Å².